The van der Waals surface area contributed by atoms with Crippen molar-refractivity contribution in [2.45, 2.75) is 33.1 Å². The predicted molar refractivity (Wildman–Crippen MR) is 118 cm³/mol. The molecule has 0 atom stereocenters. The van der Waals surface area contributed by atoms with Crippen LogP contribution in [0.15, 0.2) is 70.4 Å². The molecular weight excluding hydrogens is 372 g/mol. The minimum atomic E-state index is -0.0594. The van der Waals surface area contributed by atoms with E-state index in [4.69, 9.17) is 12.2 Å². The zero-order chi connectivity index (χ0) is 19.3. The minimum absolute atomic E-state index is 0.00163. The summed E-state index contributed by atoms with van der Waals surface area (Å²) in [5.41, 5.74) is 6.11. The lowest BCUT2D eigenvalue weighted by Gasteiger charge is -2.32. The van der Waals surface area contributed by atoms with Crippen LogP contribution in [0.1, 0.15) is 33.3 Å². The molecule has 0 unspecified atom stereocenters. The van der Waals surface area contributed by atoms with Gasteiger partial charge in [-0.3, -0.25) is 9.69 Å². The maximum Gasteiger partial charge on any atom is 0.266 e. The number of carbonyl (C=O) groups is 1. The third-order valence-electron chi connectivity index (χ3n) is 5.37. The second-order valence-corrected chi connectivity index (χ2v) is 9.06. The van der Waals surface area contributed by atoms with Crippen LogP contribution >= 0.6 is 24.0 Å². The molecule has 0 radical (unpaired) electrons. The fourth-order valence-corrected chi connectivity index (χ4v) is 5.43. The summed E-state index contributed by atoms with van der Waals surface area (Å²) in [4.78, 5) is 17.1. The molecule has 1 saturated heterocycles. The molecule has 5 heteroatoms. The number of likely N-dealkylation sites (N-methyl/N-ethyl adjacent to an activating group) is 1. The fraction of sp³-hybridized carbons (Fsp3) is 0.273. The molecule has 1 aromatic carbocycles. The number of rotatable bonds is 2. The van der Waals surface area contributed by atoms with Crippen molar-refractivity contribution in [1.82, 2.24) is 4.90 Å². The van der Waals surface area contributed by atoms with Crippen LogP contribution in [0, 0.1) is 0 Å². The van der Waals surface area contributed by atoms with E-state index in [1.165, 1.54) is 34.3 Å². The van der Waals surface area contributed by atoms with E-state index >= 15 is 0 Å². The van der Waals surface area contributed by atoms with Crippen LogP contribution in [0.5, 0.6) is 0 Å². The van der Waals surface area contributed by atoms with Crippen LogP contribution in [0.3, 0.4) is 0 Å². The summed E-state index contributed by atoms with van der Waals surface area (Å²) in [5.74, 6) is -0.00163. The molecule has 0 saturated carbocycles. The number of carbonyl (C=O) groups excluding carboxylic acids is 1. The van der Waals surface area contributed by atoms with Crippen molar-refractivity contribution < 1.29 is 4.79 Å². The minimum Gasteiger partial charge on any atom is -0.313 e. The molecule has 1 amide bonds. The van der Waals surface area contributed by atoms with E-state index in [1.54, 1.807) is 4.90 Å². The molecule has 0 N–H and O–H groups in total. The Hall–Kier alpha value is -2.11. The molecule has 3 nitrogen and oxygen atoms in total. The van der Waals surface area contributed by atoms with E-state index in [0.717, 1.165) is 5.70 Å². The van der Waals surface area contributed by atoms with Gasteiger partial charge < -0.3 is 4.90 Å². The van der Waals surface area contributed by atoms with Gasteiger partial charge in [0.2, 0.25) is 0 Å². The normalized spacial score (nSPS) is 23.7. The summed E-state index contributed by atoms with van der Waals surface area (Å²) in [5, 5.41) is 0. The van der Waals surface area contributed by atoms with Gasteiger partial charge in [0.1, 0.15) is 4.32 Å². The lowest BCUT2D eigenvalue weighted by atomic mass is 9.81. The number of amides is 1. The van der Waals surface area contributed by atoms with Gasteiger partial charge in [0.25, 0.3) is 5.91 Å². The molecule has 0 aliphatic carbocycles. The molecule has 0 bridgehead atoms. The smallest absolute Gasteiger partial charge is 0.266 e. The highest BCUT2D eigenvalue weighted by atomic mass is 32.2. The number of hydrogen-bond acceptors (Lipinski definition) is 4. The van der Waals surface area contributed by atoms with Gasteiger partial charge in [-0.15, -0.1) is 0 Å². The number of benzene rings is 1. The first kappa shape index (κ1) is 18.3. The van der Waals surface area contributed by atoms with E-state index < -0.39 is 0 Å². The Morgan fingerprint density at radius 3 is 2.63 bits per heavy atom. The summed E-state index contributed by atoms with van der Waals surface area (Å²) < 4.78 is 0.635. The third-order valence-corrected chi connectivity index (χ3v) is 6.76. The molecule has 3 heterocycles. The van der Waals surface area contributed by atoms with Crippen molar-refractivity contribution in [3.05, 3.63) is 76.0 Å². The first-order valence-corrected chi connectivity index (χ1v) is 10.3. The van der Waals surface area contributed by atoms with Crippen LogP contribution in [-0.2, 0) is 10.2 Å². The van der Waals surface area contributed by atoms with E-state index in [2.05, 4.69) is 62.1 Å². The van der Waals surface area contributed by atoms with Crippen LogP contribution < -0.4 is 4.90 Å². The molecule has 0 spiro atoms. The average Bonchev–Trinajstić information content (AvgIpc) is 3.06. The standard InChI is InChI=1S/C22H22N2OS2/c1-5-23-20(25)18(27-21(23)26)13-12-15-11-10-14(2)19-22(3,4)16-8-6-7-9-17(16)24(15)19/h6-13H,5H2,1-4H3. The van der Waals surface area contributed by atoms with Gasteiger partial charge >= 0.3 is 0 Å². The molecule has 1 fully saturated rings. The van der Waals surface area contributed by atoms with Gasteiger partial charge in [-0.1, -0.05) is 62.1 Å². The second-order valence-electron chi connectivity index (χ2n) is 7.38. The topological polar surface area (TPSA) is 23.6 Å². The largest absolute Gasteiger partial charge is 0.313 e. The quantitative estimate of drug-likeness (QED) is 0.503. The Morgan fingerprint density at radius 2 is 1.93 bits per heavy atom. The third kappa shape index (κ3) is 2.72. The highest BCUT2D eigenvalue weighted by Crippen LogP contribution is 2.52. The molecule has 0 aromatic heterocycles. The Kier molecular flexibility index (Phi) is 4.40. The lowest BCUT2D eigenvalue weighted by molar-refractivity contribution is -0.122. The van der Waals surface area contributed by atoms with Crippen molar-refractivity contribution in [2.75, 3.05) is 11.4 Å². The van der Waals surface area contributed by atoms with E-state index in [-0.39, 0.29) is 11.3 Å². The highest BCUT2D eigenvalue weighted by molar-refractivity contribution is 8.26. The maximum atomic E-state index is 12.5. The molecule has 27 heavy (non-hydrogen) atoms. The van der Waals surface area contributed by atoms with Crippen molar-refractivity contribution >= 4 is 39.9 Å². The number of thiocarbonyl (C=S) groups is 1. The Labute approximate surface area is 170 Å². The van der Waals surface area contributed by atoms with Crippen LogP contribution in [0.4, 0.5) is 5.69 Å². The van der Waals surface area contributed by atoms with Gasteiger partial charge in [0, 0.05) is 29.0 Å². The molecule has 138 valence electrons. The SMILES string of the molecule is CCN1C(=O)C(=CC=C2C=CC(C)=C3N2c2ccccc2C3(C)C)SC1=S. The number of nitrogens with zero attached hydrogens (tertiary/aromatic N) is 2. The summed E-state index contributed by atoms with van der Waals surface area (Å²) in [6, 6.07) is 8.55. The number of para-hydroxylation sites is 1. The van der Waals surface area contributed by atoms with Gasteiger partial charge in [0.05, 0.1) is 4.91 Å². The maximum absolute atomic E-state index is 12.5. The van der Waals surface area contributed by atoms with Gasteiger partial charge in [-0.2, -0.15) is 0 Å². The monoisotopic (exact) mass is 394 g/mol. The van der Waals surface area contributed by atoms with Crippen LogP contribution in [-0.4, -0.2) is 21.7 Å². The van der Waals surface area contributed by atoms with Gasteiger partial charge in [0.15, 0.2) is 0 Å². The lowest BCUT2D eigenvalue weighted by Crippen LogP contribution is -2.28. The number of thioether (sulfide) groups is 1. The summed E-state index contributed by atoms with van der Waals surface area (Å²) in [6.07, 6.45) is 8.22. The van der Waals surface area contributed by atoms with Crippen molar-refractivity contribution in [3.63, 3.8) is 0 Å². The number of allylic oxidation sites excluding steroid dienone is 6. The van der Waals surface area contributed by atoms with Crippen LogP contribution in [0.25, 0.3) is 0 Å². The molecule has 3 aliphatic heterocycles. The first-order chi connectivity index (χ1) is 12.9. The highest BCUT2D eigenvalue weighted by Gasteiger charge is 2.42. The number of hydrogen-bond donors (Lipinski definition) is 0. The second kappa shape index (κ2) is 6.50. The van der Waals surface area contributed by atoms with Crippen molar-refractivity contribution in [3.8, 4) is 0 Å². The van der Waals surface area contributed by atoms with Crippen molar-refractivity contribution in [2.24, 2.45) is 0 Å². The summed E-state index contributed by atoms with van der Waals surface area (Å²) in [6.45, 7) is 9.26. The Morgan fingerprint density at radius 1 is 1.19 bits per heavy atom. The molecule has 3 aliphatic rings. The zero-order valence-corrected chi connectivity index (χ0v) is 17.6. The van der Waals surface area contributed by atoms with E-state index in [9.17, 15) is 4.79 Å². The van der Waals surface area contributed by atoms with E-state index in [1.807, 2.05) is 19.1 Å². The summed E-state index contributed by atoms with van der Waals surface area (Å²) in [7, 11) is 0. The Balaban J connectivity index is 1.78. The summed E-state index contributed by atoms with van der Waals surface area (Å²) >= 11 is 6.69. The molecular formula is C22H22N2OS2. The van der Waals surface area contributed by atoms with Gasteiger partial charge in [-0.05, 0) is 49.3 Å². The van der Waals surface area contributed by atoms with E-state index in [0.29, 0.717) is 15.8 Å². The van der Waals surface area contributed by atoms with Crippen LogP contribution in [0.2, 0.25) is 0 Å². The number of anilines is 1. The fourth-order valence-electron chi connectivity index (χ4n) is 4.10. The van der Waals surface area contributed by atoms with Gasteiger partial charge in [-0.25, -0.2) is 0 Å². The number of fused-ring (bicyclic) bond motifs is 3. The Bertz CT molecular complexity index is 982. The zero-order valence-electron chi connectivity index (χ0n) is 15.9. The molecule has 4 rings (SSSR count). The average molecular weight is 395 g/mol. The first-order valence-electron chi connectivity index (χ1n) is 9.11. The van der Waals surface area contributed by atoms with Crippen molar-refractivity contribution in [1.29, 1.82) is 0 Å². The predicted octanol–water partition coefficient (Wildman–Crippen LogP) is 5.28. The molecule has 1 aromatic rings.